The smallest absolute Gasteiger partial charge is 0.0255 e. The molecule has 0 bridgehead atoms. The Morgan fingerprint density at radius 3 is 2.86 bits per heavy atom. The van der Waals surface area contributed by atoms with Crippen molar-refractivity contribution in [3.63, 3.8) is 0 Å². The highest BCUT2D eigenvalue weighted by Crippen LogP contribution is 2.20. The van der Waals surface area contributed by atoms with E-state index in [9.17, 15) is 0 Å². The van der Waals surface area contributed by atoms with Crippen molar-refractivity contribution in [2.45, 2.75) is 57.2 Å². The molecule has 0 aromatic carbocycles. The summed E-state index contributed by atoms with van der Waals surface area (Å²) in [4.78, 5) is 0. The lowest BCUT2D eigenvalue weighted by molar-refractivity contribution is 0.241. The van der Waals surface area contributed by atoms with Gasteiger partial charge >= 0.3 is 0 Å². The molecule has 1 saturated heterocycles. The van der Waals surface area contributed by atoms with Crippen molar-refractivity contribution in [3.05, 3.63) is 12.2 Å². The summed E-state index contributed by atoms with van der Waals surface area (Å²) in [5, 5.41) is 7.30. The molecule has 0 amide bonds. The van der Waals surface area contributed by atoms with Gasteiger partial charge < -0.3 is 10.6 Å². The molecule has 0 spiro atoms. The van der Waals surface area contributed by atoms with E-state index in [0.717, 1.165) is 6.54 Å². The van der Waals surface area contributed by atoms with Gasteiger partial charge in [-0.05, 0) is 46.1 Å². The minimum Gasteiger partial charge on any atom is -0.312 e. The van der Waals surface area contributed by atoms with Crippen molar-refractivity contribution >= 4 is 0 Å². The van der Waals surface area contributed by atoms with E-state index in [0.29, 0.717) is 17.6 Å². The first-order chi connectivity index (χ1) is 6.66. The zero-order valence-corrected chi connectivity index (χ0v) is 9.34. The van der Waals surface area contributed by atoms with E-state index in [1.54, 1.807) is 0 Å². The van der Waals surface area contributed by atoms with Gasteiger partial charge in [0, 0.05) is 17.6 Å². The fraction of sp³-hybridized carbons (Fsp3) is 0.833. The van der Waals surface area contributed by atoms with Crippen LogP contribution in [-0.4, -0.2) is 24.2 Å². The van der Waals surface area contributed by atoms with Crippen LogP contribution in [0.5, 0.6) is 0 Å². The number of rotatable bonds is 2. The first kappa shape index (κ1) is 10.2. The van der Waals surface area contributed by atoms with Crippen molar-refractivity contribution < 1.29 is 0 Å². The highest BCUT2D eigenvalue weighted by atomic mass is 15.0. The molecule has 2 heteroatoms. The van der Waals surface area contributed by atoms with Gasteiger partial charge in [0.2, 0.25) is 0 Å². The molecule has 1 aliphatic heterocycles. The molecule has 2 atom stereocenters. The molecule has 1 aliphatic carbocycles. The summed E-state index contributed by atoms with van der Waals surface area (Å²) in [6.07, 6.45) is 9.69. The summed E-state index contributed by atoms with van der Waals surface area (Å²) >= 11 is 0. The minimum absolute atomic E-state index is 0.318. The van der Waals surface area contributed by atoms with Crippen LogP contribution in [0.2, 0.25) is 0 Å². The van der Waals surface area contributed by atoms with Crippen LogP contribution in [0.3, 0.4) is 0 Å². The molecular weight excluding hydrogens is 172 g/mol. The SMILES string of the molecule is CC1(C)CC(NC2C=CCC2)CCN1. The minimum atomic E-state index is 0.318. The number of hydrogen-bond donors (Lipinski definition) is 2. The first-order valence-corrected chi connectivity index (χ1v) is 5.83. The molecule has 2 unspecified atom stereocenters. The predicted octanol–water partition coefficient (Wildman–Crippen LogP) is 1.83. The molecule has 2 rings (SSSR count). The second-order valence-corrected chi connectivity index (χ2v) is 5.28. The number of piperidine rings is 1. The van der Waals surface area contributed by atoms with Gasteiger partial charge in [-0.1, -0.05) is 12.2 Å². The Labute approximate surface area is 87.2 Å². The third-order valence-corrected chi connectivity index (χ3v) is 3.32. The molecule has 0 saturated carbocycles. The van der Waals surface area contributed by atoms with Crippen molar-refractivity contribution in [2.24, 2.45) is 0 Å². The molecular formula is C12H22N2. The molecule has 2 aliphatic rings. The Morgan fingerprint density at radius 1 is 1.36 bits per heavy atom. The molecule has 0 aromatic heterocycles. The number of nitrogens with one attached hydrogen (secondary N) is 2. The maximum atomic E-state index is 3.75. The summed E-state index contributed by atoms with van der Waals surface area (Å²) in [6.45, 7) is 5.75. The summed E-state index contributed by atoms with van der Waals surface area (Å²) in [7, 11) is 0. The molecule has 0 aromatic rings. The standard InChI is InChI=1S/C12H22N2/c1-12(2)9-11(7-8-13-12)14-10-5-3-4-6-10/h3,5,10-11,13-14H,4,6-9H2,1-2H3. The Hall–Kier alpha value is -0.340. The van der Waals surface area contributed by atoms with Crippen molar-refractivity contribution in [1.82, 2.24) is 10.6 Å². The van der Waals surface area contributed by atoms with Crippen molar-refractivity contribution in [2.75, 3.05) is 6.54 Å². The van der Waals surface area contributed by atoms with Crippen LogP contribution in [-0.2, 0) is 0 Å². The van der Waals surface area contributed by atoms with E-state index in [1.165, 1.54) is 25.7 Å². The van der Waals surface area contributed by atoms with Crippen LogP contribution in [0.15, 0.2) is 12.2 Å². The van der Waals surface area contributed by atoms with E-state index >= 15 is 0 Å². The molecule has 14 heavy (non-hydrogen) atoms. The lowest BCUT2D eigenvalue weighted by Crippen LogP contribution is -2.53. The second-order valence-electron chi connectivity index (χ2n) is 5.28. The summed E-state index contributed by atoms with van der Waals surface area (Å²) < 4.78 is 0. The molecule has 80 valence electrons. The predicted molar refractivity (Wildman–Crippen MR) is 60.4 cm³/mol. The fourth-order valence-electron chi connectivity index (χ4n) is 2.59. The Morgan fingerprint density at radius 2 is 2.21 bits per heavy atom. The first-order valence-electron chi connectivity index (χ1n) is 5.83. The van der Waals surface area contributed by atoms with E-state index in [1.807, 2.05) is 0 Å². The topological polar surface area (TPSA) is 24.1 Å². The van der Waals surface area contributed by atoms with Crippen LogP contribution >= 0.6 is 0 Å². The molecule has 2 nitrogen and oxygen atoms in total. The van der Waals surface area contributed by atoms with Crippen LogP contribution < -0.4 is 10.6 Å². The quantitative estimate of drug-likeness (QED) is 0.655. The van der Waals surface area contributed by atoms with Gasteiger partial charge in [0.25, 0.3) is 0 Å². The van der Waals surface area contributed by atoms with Gasteiger partial charge in [0.1, 0.15) is 0 Å². The number of allylic oxidation sites excluding steroid dienone is 1. The van der Waals surface area contributed by atoms with Crippen LogP contribution in [0.25, 0.3) is 0 Å². The second kappa shape index (κ2) is 4.03. The van der Waals surface area contributed by atoms with Crippen molar-refractivity contribution in [3.8, 4) is 0 Å². The lowest BCUT2D eigenvalue weighted by Gasteiger charge is -2.38. The highest BCUT2D eigenvalue weighted by molar-refractivity contribution is 5.03. The largest absolute Gasteiger partial charge is 0.312 e. The van der Waals surface area contributed by atoms with Gasteiger partial charge in [-0.3, -0.25) is 0 Å². The molecule has 0 radical (unpaired) electrons. The van der Waals surface area contributed by atoms with E-state index in [-0.39, 0.29) is 0 Å². The van der Waals surface area contributed by atoms with Crippen LogP contribution in [0, 0.1) is 0 Å². The molecule has 1 heterocycles. The Kier molecular flexibility index (Phi) is 2.93. The zero-order valence-electron chi connectivity index (χ0n) is 9.34. The summed E-state index contributed by atoms with van der Waals surface area (Å²) in [6, 6.07) is 1.35. The van der Waals surface area contributed by atoms with Gasteiger partial charge in [-0.2, -0.15) is 0 Å². The van der Waals surface area contributed by atoms with E-state index in [4.69, 9.17) is 0 Å². The highest BCUT2D eigenvalue weighted by Gasteiger charge is 2.28. The van der Waals surface area contributed by atoms with Gasteiger partial charge in [0.05, 0.1) is 0 Å². The summed E-state index contributed by atoms with van der Waals surface area (Å²) in [5.41, 5.74) is 0.318. The van der Waals surface area contributed by atoms with Gasteiger partial charge in [-0.15, -0.1) is 0 Å². The van der Waals surface area contributed by atoms with E-state index < -0.39 is 0 Å². The lowest BCUT2D eigenvalue weighted by atomic mass is 9.89. The average molecular weight is 194 g/mol. The number of hydrogen-bond acceptors (Lipinski definition) is 2. The van der Waals surface area contributed by atoms with E-state index in [2.05, 4.69) is 36.6 Å². The average Bonchev–Trinajstić information content (AvgIpc) is 2.54. The Balaban J connectivity index is 1.82. The maximum Gasteiger partial charge on any atom is 0.0255 e. The molecule has 2 N–H and O–H groups in total. The molecule has 1 fully saturated rings. The van der Waals surface area contributed by atoms with Gasteiger partial charge in [-0.25, -0.2) is 0 Å². The van der Waals surface area contributed by atoms with Gasteiger partial charge in [0.15, 0.2) is 0 Å². The third-order valence-electron chi connectivity index (χ3n) is 3.32. The van der Waals surface area contributed by atoms with Crippen molar-refractivity contribution in [1.29, 1.82) is 0 Å². The normalized spacial score (nSPS) is 36.1. The summed E-state index contributed by atoms with van der Waals surface area (Å²) in [5.74, 6) is 0. The maximum absolute atomic E-state index is 3.75. The third kappa shape index (κ3) is 2.58. The van der Waals surface area contributed by atoms with Crippen LogP contribution in [0.4, 0.5) is 0 Å². The Bertz CT molecular complexity index is 220. The monoisotopic (exact) mass is 194 g/mol. The zero-order chi connectivity index (χ0) is 10.0. The fourth-order valence-corrected chi connectivity index (χ4v) is 2.59. The van der Waals surface area contributed by atoms with Crippen LogP contribution in [0.1, 0.15) is 39.5 Å².